The van der Waals surface area contributed by atoms with E-state index in [4.69, 9.17) is 4.74 Å². The van der Waals surface area contributed by atoms with E-state index in [-0.39, 0.29) is 24.5 Å². The van der Waals surface area contributed by atoms with Crippen molar-refractivity contribution < 1.29 is 17.9 Å². The lowest BCUT2D eigenvalue weighted by Gasteiger charge is -2.08. The molecule has 0 aliphatic carbocycles. The highest BCUT2D eigenvalue weighted by Gasteiger charge is 2.15. The molecule has 0 aliphatic rings. The molecule has 0 bridgehead atoms. The maximum absolute atomic E-state index is 11.9. The zero-order valence-corrected chi connectivity index (χ0v) is 12.6. The molecule has 0 N–H and O–H groups in total. The van der Waals surface area contributed by atoms with Crippen LogP contribution in [0, 0.1) is 0 Å². The standard InChI is InChI=1S/C15H15NO4S.CH4/c1-3-20-15(17)13-8-12(11-4-6-16-7-5-11)9-14(10-13)21(2,18)19;/h4-10H,3H2,1-2H3;1H4. The van der Waals surface area contributed by atoms with Gasteiger partial charge in [0.2, 0.25) is 0 Å². The minimum atomic E-state index is -3.43. The molecular weight excluding hydrogens is 302 g/mol. The van der Waals surface area contributed by atoms with Crippen molar-refractivity contribution in [3.63, 3.8) is 0 Å². The van der Waals surface area contributed by atoms with E-state index in [9.17, 15) is 13.2 Å². The highest BCUT2D eigenvalue weighted by Crippen LogP contribution is 2.24. The third kappa shape index (κ3) is 4.14. The molecule has 2 rings (SSSR count). The highest BCUT2D eigenvalue weighted by molar-refractivity contribution is 7.90. The Labute approximate surface area is 130 Å². The summed E-state index contributed by atoms with van der Waals surface area (Å²) in [6.07, 6.45) is 4.31. The second-order valence-corrected chi connectivity index (χ2v) is 6.49. The van der Waals surface area contributed by atoms with Gasteiger partial charge in [0, 0.05) is 18.6 Å². The van der Waals surface area contributed by atoms with Crippen LogP contribution in [0.25, 0.3) is 11.1 Å². The number of ether oxygens (including phenoxy) is 1. The third-order valence-corrected chi connectivity index (χ3v) is 3.95. The zero-order chi connectivity index (χ0) is 15.5. The fourth-order valence-electron chi connectivity index (χ4n) is 1.86. The van der Waals surface area contributed by atoms with Gasteiger partial charge in [-0.3, -0.25) is 4.98 Å². The summed E-state index contributed by atoms with van der Waals surface area (Å²) in [5.74, 6) is -0.543. The van der Waals surface area contributed by atoms with E-state index in [1.807, 2.05) is 0 Å². The Bertz CT molecular complexity index is 755. The average molecular weight is 321 g/mol. The second-order valence-electron chi connectivity index (χ2n) is 4.47. The molecule has 6 heteroatoms. The van der Waals surface area contributed by atoms with Crippen molar-refractivity contribution in [3.05, 3.63) is 48.3 Å². The van der Waals surface area contributed by atoms with Crippen molar-refractivity contribution in [1.29, 1.82) is 0 Å². The predicted octanol–water partition coefficient (Wildman–Crippen LogP) is 2.96. The van der Waals surface area contributed by atoms with Crippen molar-refractivity contribution >= 4 is 15.8 Å². The van der Waals surface area contributed by atoms with Gasteiger partial charge in [-0.2, -0.15) is 0 Å². The molecule has 0 atom stereocenters. The number of hydrogen-bond donors (Lipinski definition) is 0. The van der Waals surface area contributed by atoms with Crippen LogP contribution in [0.4, 0.5) is 0 Å². The number of sulfone groups is 1. The monoisotopic (exact) mass is 321 g/mol. The number of nitrogens with zero attached hydrogens (tertiary/aromatic N) is 1. The molecule has 0 amide bonds. The Morgan fingerprint density at radius 1 is 1.14 bits per heavy atom. The molecule has 22 heavy (non-hydrogen) atoms. The summed E-state index contributed by atoms with van der Waals surface area (Å²) in [5, 5.41) is 0. The first-order chi connectivity index (χ1) is 9.91. The normalized spacial score (nSPS) is 10.6. The summed E-state index contributed by atoms with van der Waals surface area (Å²) in [7, 11) is -3.43. The summed E-state index contributed by atoms with van der Waals surface area (Å²) >= 11 is 0. The van der Waals surface area contributed by atoms with Crippen LogP contribution >= 0.6 is 0 Å². The van der Waals surface area contributed by atoms with E-state index in [0.717, 1.165) is 11.8 Å². The topological polar surface area (TPSA) is 73.3 Å². The minimum Gasteiger partial charge on any atom is -0.462 e. The number of benzene rings is 1. The number of esters is 1. The van der Waals surface area contributed by atoms with Gasteiger partial charge in [-0.1, -0.05) is 7.43 Å². The zero-order valence-electron chi connectivity index (χ0n) is 11.7. The van der Waals surface area contributed by atoms with Gasteiger partial charge in [0.25, 0.3) is 0 Å². The van der Waals surface area contributed by atoms with Crippen LogP contribution in [0.2, 0.25) is 0 Å². The molecular formula is C16H19NO4S. The van der Waals surface area contributed by atoms with Crippen LogP contribution in [0.3, 0.4) is 0 Å². The van der Waals surface area contributed by atoms with E-state index >= 15 is 0 Å². The minimum absolute atomic E-state index is 0. The smallest absolute Gasteiger partial charge is 0.338 e. The first kappa shape index (κ1) is 17.8. The fourth-order valence-corrected chi connectivity index (χ4v) is 2.54. The first-order valence-electron chi connectivity index (χ1n) is 6.34. The first-order valence-corrected chi connectivity index (χ1v) is 8.23. The predicted molar refractivity (Wildman–Crippen MR) is 85.5 cm³/mol. The van der Waals surface area contributed by atoms with Crippen molar-refractivity contribution in [2.45, 2.75) is 19.2 Å². The van der Waals surface area contributed by atoms with Gasteiger partial charge in [-0.15, -0.1) is 0 Å². The van der Waals surface area contributed by atoms with Crippen molar-refractivity contribution in [1.82, 2.24) is 4.98 Å². The SMILES string of the molecule is C.CCOC(=O)c1cc(-c2ccncc2)cc(S(C)(=O)=O)c1. The van der Waals surface area contributed by atoms with E-state index in [0.29, 0.717) is 5.56 Å². The van der Waals surface area contributed by atoms with Crippen LogP contribution in [0.5, 0.6) is 0 Å². The number of aromatic nitrogens is 1. The summed E-state index contributed by atoms with van der Waals surface area (Å²) < 4.78 is 28.5. The summed E-state index contributed by atoms with van der Waals surface area (Å²) in [6.45, 7) is 1.93. The van der Waals surface area contributed by atoms with Gasteiger partial charge >= 0.3 is 5.97 Å². The molecule has 0 spiro atoms. The van der Waals surface area contributed by atoms with Gasteiger partial charge in [-0.05, 0) is 48.4 Å². The van der Waals surface area contributed by atoms with Crippen molar-refractivity contribution in [3.8, 4) is 11.1 Å². The number of pyridine rings is 1. The maximum atomic E-state index is 11.9. The Morgan fingerprint density at radius 3 is 2.32 bits per heavy atom. The summed E-state index contributed by atoms with van der Waals surface area (Å²) in [4.78, 5) is 15.9. The molecule has 0 unspecified atom stereocenters. The largest absolute Gasteiger partial charge is 0.462 e. The lowest BCUT2D eigenvalue weighted by atomic mass is 10.0. The Morgan fingerprint density at radius 2 is 1.77 bits per heavy atom. The van der Waals surface area contributed by atoms with E-state index in [2.05, 4.69) is 4.98 Å². The molecule has 118 valence electrons. The molecule has 0 aliphatic heterocycles. The number of rotatable bonds is 4. The van der Waals surface area contributed by atoms with Crippen LogP contribution < -0.4 is 0 Å². The van der Waals surface area contributed by atoms with Crippen LogP contribution in [-0.2, 0) is 14.6 Å². The molecule has 0 radical (unpaired) electrons. The average Bonchev–Trinajstić information content (AvgIpc) is 2.47. The molecule has 0 fully saturated rings. The quantitative estimate of drug-likeness (QED) is 0.809. The lowest BCUT2D eigenvalue weighted by Crippen LogP contribution is -2.07. The van der Waals surface area contributed by atoms with Crippen molar-refractivity contribution in [2.24, 2.45) is 0 Å². The van der Waals surface area contributed by atoms with Crippen LogP contribution in [0.1, 0.15) is 24.7 Å². The molecule has 0 saturated heterocycles. The Kier molecular flexibility index (Phi) is 5.82. The van der Waals surface area contributed by atoms with Crippen LogP contribution in [-0.4, -0.2) is 32.2 Å². The maximum Gasteiger partial charge on any atom is 0.338 e. The van der Waals surface area contributed by atoms with Crippen molar-refractivity contribution in [2.75, 3.05) is 12.9 Å². The molecule has 0 saturated carbocycles. The summed E-state index contributed by atoms with van der Waals surface area (Å²) in [6, 6.07) is 7.97. The second kappa shape index (κ2) is 7.17. The number of hydrogen-bond acceptors (Lipinski definition) is 5. The van der Waals surface area contributed by atoms with Gasteiger partial charge in [0.1, 0.15) is 0 Å². The lowest BCUT2D eigenvalue weighted by molar-refractivity contribution is 0.0526. The molecule has 1 heterocycles. The van der Waals surface area contributed by atoms with Gasteiger partial charge in [0.15, 0.2) is 9.84 Å². The number of carbonyl (C=O) groups excluding carboxylic acids is 1. The van der Waals surface area contributed by atoms with Gasteiger partial charge in [-0.25, -0.2) is 13.2 Å². The highest BCUT2D eigenvalue weighted by atomic mass is 32.2. The van der Waals surface area contributed by atoms with E-state index in [1.165, 1.54) is 12.1 Å². The molecule has 5 nitrogen and oxygen atoms in total. The Hall–Kier alpha value is -2.21. The fraction of sp³-hybridized carbons (Fsp3) is 0.250. The Balaban J connectivity index is 0.00000242. The third-order valence-electron chi connectivity index (χ3n) is 2.86. The molecule has 2 aromatic rings. The van der Waals surface area contributed by atoms with E-state index < -0.39 is 15.8 Å². The summed E-state index contributed by atoms with van der Waals surface area (Å²) in [5.41, 5.74) is 1.62. The van der Waals surface area contributed by atoms with Crippen LogP contribution in [0.15, 0.2) is 47.6 Å². The number of carbonyl (C=O) groups is 1. The molecule has 1 aromatic heterocycles. The van der Waals surface area contributed by atoms with E-state index in [1.54, 1.807) is 37.5 Å². The van der Waals surface area contributed by atoms with Gasteiger partial charge in [0.05, 0.1) is 17.1 Å². The van der Waals surface area contributed by atoms with Gasteiger partial charge < -0.3 is 4.74 Å². The molecule has 1 aromatic carbocycles.